The maximum absolute atomic E-state index is 6.17. The van der Waals surface area contributed by atoms with Crippen molar-refractivity contribution in [2.75, 3.05) is 9.80 Å². The molecule has 0 saturated carbocycles. The highest BCUT2D eigenvalue weighted by Gasteiger charge is 2.28. The molecular weight excluding hydrogens is 1540 g/mol. The van der Waals surface area contributed by atoms with E-state index in [1.54, 1.807) is 11.8 Å². The standard InChI is InChI=1S/C60H39N3S2.C36H23Cl2N.C12H8OS/c1-2-12-40(13-3-1)41-22-30-46(31-23-41)61-51-36-28-44(42-24-32-47(33-25-42)62-53-14-4-8-18-57(53)64-58-19-9-5-15-54(58)62)38-49(51)50-39-45(29-37-52(50)61)43-26-34-48(35-27-43)63-55-16-6-10-20-59(55)65-60-21-11-7-17-56(60)63;37-30-14-6-26(7-15-30)28-12-20-35-33(22-28)34-23-29(27-8-16-31(38)17-9-27)13-21-36(34)39(35)32-18-10-25(11-19-32)24-4-2-1-3-5-24;1-3-7-11-9(5-1)13-10-6-2-4-8-12(10)14-11/h1-39H;1-23H;1-8H. The van der Waals surface area contributed by atoms with Gasteiger partial charge < -0.3 is 23.7 Å². The second-order valence-electron chi connectivity index (χ2n) is 29.4. The van der Waals surface area contributed by atoms with Crippen LogP contribution >= 0.6 is 58.5 Å². The maximum Gasteiger partial charge on any atom is 0.141 e. The second kappa shape index (κ2) is 31.3. The van der Waals surface area contributed by atoms with E-state index in [0.29, 0.717) is 0 Å². The van der Waals surface area contributed by atoms with Gasteiger partial charge in [-0.05, 0) is 261 Å². The average Bonchev–Trinajstić information content (AvgIpc) is 1.63. The molecule has 0 unspecified atom stereocenters. The molecule has 2 aromatic heterocycles. The molecule has 560 valence electrons. The van der Waals surface area contributed by atoms with E-state index in [2.05, 4.69) is 377 Å². The van der Waals surface area contributed by atoms with Gasteiger partial charge in [-0.25, -0.2) is 0 Å². The van der Waals surface area contributed by atoms with E-state index in [1.807, 2.05) is 90.3 Å². The Kier molecular flexibility index (Phi) is 19.2. The lowest BCUT2D eigenvalue weighted by molar-refractivity contribution is 0.454. The zero-order chi connectivity index (χ0) is 78.6. The lowest BCUT2D eigenvalue weighted by atomic mass is 9.99. The Morgan fingerprint density at radius 3 is 0.712 bits per heavy atom. The van der Waals surface area contributed by atoms with Gasteiger partial charge in [0.15, 0.2) is 0 Å². The highest BCUT2D eigenvalue weighted by atomic mass is 35.5. The number of hydrogen-bond donors (Lipinski definition) is 0. The van der Waals surface area contributed by atoms with Gasteiger partial charge in [0.1, 0.15) is 11.5 Å². The summed E-state index contributed by atoms with van der Waals surface area (Å²) in [7, 11) is 0. The molecule has 0 saturated heterocycles. The number of hydrogen-bond acceptors (Lipinski definition) is 6. The lowest BCUT2D eigenvalue weighted by Gasteiger charge is -2.32. The number of aromatic nitrogens is 2. The van der Waals surface area contributed by atoms with Crippen LogP contribution < -0.4 is 14.5 Å². The molecule has 0 aliphatic carbocycles. The average molecular weight is 1610 g/mol. The van der Waals surface area contributed by atoms with Crippen LogP contribution in [0.2, 0.25) is 10.0 Å². The van der Waals surface area contributed by atoms with E-state index in [4.69, 9.17) is 27.9 Å². The SMILES string of the molecule is Clc1ccc(-c2ccc3c(c2)c2cc(-c4ccc(Cl)cc4)ccc2n3-c2ccc(-c3ccccc3)cc2)cc1.c1ccc(-c2ccc(-n3c4ccc(-c5ccc(N6c7ccccc7Sc7ccccc76)cc5)cc4c4cc(-c5ccc(N6c7ccccc7Sc7ccccc76)cc5)ccc43)cc2)cc1.c1ccc2c(c1)Oc1ccccc1S2. The summed E-state index contributed by atoms with van der Waals surface area (Å²) in [4.78, 5) is 12.2. The first-order chi connectivity index (χ1) is 58.3. The normalized spacial score (nSPS) is 12.3. The van der Waals surface area contributed by atoms with Crippen molar-refractivity contribution in [2.24, 2.45) is 0 Å². The van der Waals surface area contributed by atoms with Crippen molar-refractivity contribution in [1.82, 2.24) is 9.13 Å². The zero-order valence-corrected chi connectivity index (χ0v) is 67.6. The molecule has 18 aromatic carbocycles. The molecule has 10 heteroatoms. The van der Waals surface area contributed by atoms with Crippen LogP contribution in [0.15, 0.2) is 454 Å². The molecule has 3 aliphatic heterocycles. The number of anilines is 6. The Morgan fingerprint density at radius 1 is 0.186 bits per heavy atom. The Balaban J connectivity index is 0.000000137. The van der Waals surface area contributed by atoms with Crippen molar-refractivity contribution >= 4 is 136 Å². The summed E-state index contributed by atoms with van der Waals surface area (Å²) in [6, 6.07) is 151. The van der Waals surface area contributed by atoms with Crippen LogP contribution in [0.1, 0.15) is 0 Å². The van der Waals surface area contributed by atoms with Crippen molar-refractivity contribution < 1.29 is 4.74 Å². The third-order valence-corrected chi connectivity index (χ3v) is 26.1. The number of nitrogens with zero attached hydrogens (tertiary/aromatic N) is 4. The smallest absolute Gasteiger partial charge is 0.141 e. The number of ether oxygens (including phenoxy) is 1. The largest absolute Gasteiger partial charge is 0.455 e. The minimum Gasteiger partial charge on any atom is -0.455 e. The predicted octanol–water partition coefficient (Wildman–Crippen LogP) is 32.7. The zero-order valence-electron chi connectivity index (χ0n) is 63.6. The Labute approximate surface area is 707 Å². The van der Waals surface area contributed by atoms with E-state index in [9.17, 15) is 0 Å². The Hall–Kier alpha value is -13.4. The fourth-order valence-corrected chi connectivity index (χ4v) is 19.8. The summed E-state index contributed by atoms with van der Waals surface area (Å²) in [5.74, 6) is 1.91. The van der Waals surface area contributed by atoms with E-state index in [0.717, 1.165) is 66.5 Å². The molecular formula is C108H70Cl2N4OS3. The fourth-order valence-electron chi connectivity index (χ4n) is 16.5. The predicted molar refractivity (Wildman–Crippen MR) is 499 cm³/mol. The van der Waals surface area contributed by atoms with Crippen molar-refractivity contribution in [2.45, 2.75) is 29.4 Å². The molecule has 0 amide bonds. The first kappa shape index (κ1) is 72.3. The fraction of sp³-hybridized carbons (Fsp3) is 0. The molecule has 0 N–H and O–H groups in total. The summed E-state index contributed by atoms with van der Waals surface area (Å²) in [5.41, 5.74) is 28.3. The Bertz CT molecular complexity index is 6700. The maximum atomic E-state index is 6.17. The molecule has 20 aromatic rings. The molecule has 0 atom stereocenters. The van der Waals surface area contributed by atoms with E-state index < -0.39 is 0 Å². The monoisotopic (exact) mass is 1600 g/mol. The summed E-state index contributed by atoms with van der Waals surface area (Å²) in [6.07, 6.45) is 0. The first-order valence-electron chi connectivity index (χ1n) is 39.4. The summed E-state index contributed by atoms with van der Waals surface area (Å²) >= 11 is 17.8. The van der Waals surface area contributed by atoms with Gasteiger partial charge >= 0.3 is 0 Å². The Morgan fingerprint density at radius 2 is 0.407 bits per heavy atom. The van der Waals surface area contributed by atoms with Crippen LogP contribution in [0, 0.1) is 0 Å². The topological polar surface area (TPSA) is 25.6 Å². The minimum atomic E-state index is 0.739. The van der Waals surface area contributed by atoms with Gasteiger partial charge in [0.25, 0.3) is 0 Å². The van der Waals surface area contributed by atoms with Gasteiger partial charge in [-0.15, -0.1) is 0 Å². The highest BCUT2D eigenvalue weighted by molar-refractivity contribution is 8.00. The van der Waals surface area contributed by atoms with Crippen molar-refractivity contribution in [1.29, 1.82) is 0 Å². The minimum absolute atomic E-state index is 0.739. The van der Waals surface area contributed by atoms with Crippen LogP contribution in [-0.4, -0.2) is 9.13 Å². The van der Waals surface area contributed by atoms with E-state index >= 15 is 0 Å². The first-order valence-corrected chi connectivity index (χ1v) is 42.6. The molecule has 0 bridgehead atoms. The molecule has 0 fully saturated rings. The molecule has 118 heavy (non-hydrogen) atoms. The van der Waals surface area contributed by atoms with Crippen molar-refractivity contribution in [3.63, 3.8) is 0 Å². The highest BCUT2D eigenvalue weighted by Crippen LogP contribution is 2.54. The quantitative estimate of drug-likeness (QED) is 0.135. The molecule has 23 rings (SSSR count). The molecule has 5 heterocycles. The van der Waals surface area contributed by atoms with Crippen LogP contribution in [0.25, 0.3) is 122 Å². The van der Waals surface area contributed by atoms with Gasteiger partial charge in [-0.1, -0.05) is 289 Å². The van der Waals surface area contributed by atoms with Gasteiger partial charge in [-0.2, -0.15) is 0 Å². The van der Waals surface area contributed by atoms with Gasteiger partial charge in [0.2, 0.25) is 0 Å². The molecule has 3 aliphatic rings. The van der Waals surface area contributed by atoms with E-state index in [-0.39, 0.29) is 0 Å². The third-order valence-electron chi connectivity index (χ3n) is 22.3. The number of rotatable bonds is 10. The number of halogens is 2. The number of fused-ring (bicyclic) bond motifs is 12. The number of para-hydroxylation sites is 6. The van der Waals surface area contributed by atoms with Crippen molar-refractivity contribution in [3.8, 4) is 89.6 Å². The summed E-state index contributed by atoms with van der Waals surface area (Å²) in [5, 5.41) is 6.34. The van der Waals surface area contributed by atoms with E-state index in [1.165, 1.54) is 140 Å². The van der Waals surface area contributed by atoms with Crippen molar-refractivity contribution in [3.05, 3.63) is 435 Å². The molecule has 0 spiro atoms. The van der Waals surface area contributed by atoms with Crippen LogP contribution in [-0.2, 0) is 0 Å². The van der Waals surface area contributed by atoms with Crippen LogP contribution in [0.4, 0.5) is 34.1 Å². The van der Waals surface area contributed by atoms with Crippen LogP contribution in [0.5, 0.6) is 11.5 Å². The summed E-state index contributed by atoms with van der Waals surface area (Å²) in [6.45, 7) is 0. The molecule has 0 radical (unpaired) electrons. The summed E-state index contributed by atoms with van der Waals surface area (Å²) < 4.78 is 10.5. The van der Waals surface area contributed by atoms with Gasteiger partial charge in [0.05, 0.1) is 54.6 Å². The van der Waals surface area contributed by atoms with Gasteiger partial charge in [-0.3, -0.25) is 0 Å². The number of benzene rings is 18. The lowest BCUT2D eigenvalue weighted by Crippen LogP contribution is -2.14. The van der Waals surface area contributed by atoms with Crippen LogP contribution in [0.3, 0.4) is 0 Å². The molecule has 5 nitrogen and oxygen atoms in total. The third kappa shape index (κ3) is 13.8. The van der Waals surface area contributed by atoms with Gasteiger partial charge in [0, 0.05) is 73.9 Å². The second-order valence-corrected chi connectivity index (χ2v) is 33.5.